The molecule has 0 aromatic rings. The summed E-state index contributed by atoms with van der Waals surface area (Å²) in [5.41, 5.74) is 0. The maximum Gasteiger partial charge on any atom is 0.161 e. The second kappa shape index (κ2) is 36.0. The highest BCUT2D eigenvalue weighted by atomic mass is 16.7. The maximum absolute atomic E-state index is 7.39. The minimum atomic E-state index is -0.360. The minimum absolute atomic E-state index is 0.0695. The Kier molecular flexibility index (Phi) is 32.4. The summed E-state index contributed by atoms with van der Waals surface area (Å²) in [5, 5.41) is 0. The quantitative estimate of drug-likeness (QED) is 0.0435. The first-order valence-corrected chi connectivity index (χ1v) is 27.3. The summed E-state index contributed by atoms with van der Waals surface area (Å²) in [5.74, 6) is 0.219. The third-order valence-electron chi connectivity index (χ3n) is 14.1. The highest BCUT2D eigenvalue weighted by Crippen LogP contribution is 2.45. The van der Waals surface area contributed by atoms with Crippen molar-refractivity contribution in [1.29, 1.82) is 0 Å². The first kappa shape index (κ1) is 59.3. The zero-order chi connectivity index (χ0) is 47.9. The first-order chi connectivity index (χ1) is 32.3. The molecule has 0 aromatic heterocycles. The predicted octanol–water partition coefficient (Wildman–Crippen LogP) is 11.7. The van der Waals surface area contributed by atoms with Crippen molar-refractivity contribution in [1.82, 2.24) is 0 Å². The molecule has 3 rings (SSSR count). The third-order valence-corrected chi connectivity index (χ3v) is 14.1. The van der Waals surface area contributed by atoms with Crippen LogP contribution < -0.4 is 0 Å². The number of rotatable bonds is 39. The SMILES string of the molecule is C=CCOC1[C@H](OCCCC)C(COCCCC)O[C@@H](CC2[C@H](OCCCC)C(COCCCC)O[C@@H](CC3[C@H](OCCCC)C(COCCCC)O[C@@H](OCCCC)[C@H]3C)[C@H]2C)[C@H]1C=C. The molecule has 3 aliphatic heterocycles. The molecule has 15 atom stereocenters. The smallest absolute Gasteiger partial charge is 0.161 e. The van der Waals surface area contributed by atoms with Crippen LogP contribution in [0.4, 0.5) is 0 Å². The van der Waals surface area contributed by atoms with Crippen molar-refractivity contribution in [3.8, 4) is 0 Å². The first-order valence-electron chi connectivity index (χ1n) is 27.3. The number of hydrogen-bond donors (Lipinski definition) is 0. The topological polar surface area (TPSA) is 102 Å². The van der Waals surface area contributed by atoms with E-state index in [1.54, 1.807) is 0 Å². The van der Waals surface area contributed by atoms with Gasteiger partial charge in [0.05, 0.1) is 56.9 Å². The van der Waals surface area contributed by atoms with Crippen LogP contribution >= 0.6 is 0 Å². The lowest BCUT2D eigenvalue weighted by Crippen LogP contribution is -2.60. The second-order valence-corrected chi connectivity index (χ2v) is 19.5. The van der Waals surface area contributed by atoms with Crippen molar-refractivity contribution >= 4 is 0 Å². The Labute approximate surface area is 404 Å². The molecule has 6 unspecified atom stereocenters. The Hall–Kier alpha value is -0.960. The van der Waals surface area contributed by atoms with E-state index in [0.717, 1.165) is 103 Å². The van der Waals surface area contributed by atoms with Crippen LogP contribution in [0.5, 0.6) is 0 Å². The van der Waals surface area contributed by atoms with Gasteiger partial charge in [0, 0.05) is 58.1 Å². The van der Waals surface area contributed by atoms with Gasteiger partial charge >= 0.3 is 0 Å². The average molecular weight is 939 g/mol. The van der Waals surface area contributed by atoms with Crippen LogP contribution in [-0.2, 0) is 52.1 Å². The summed E-state index contributed by atoms with van der Waals surface area (Å²) in [7, 11) is 0. The largest absolute Gasteiger partial charge is 0.379 e. The van der Waals surface area contributed by atoms with Gasteiger partial charge in [0.15, 0.2) is 6.29 Å². The van der Waals surface area contributed by atoms with E-state index in [1.807, 2.05) is 12.2 Å². The Morgan fingerprint density at radius 3 is 1.27 bits per heavy atom. The summed E-state index contributed by atoms with van der Waals surface area (Å²) >= 11 is 0. The molecule has 3 heterocycles. The fourth-order valence-corrected chi connectivity index (χ4v) is 9.88. The van der Waals surface area contributed by atoms with E-state index in [0.29, 0.717) is 72.7 Å². The predicted molar refractivity (Wildman–Crippen MR) is 266 cm³/mol. The van der Waals surface area contributed by atoms with Crippen LogP contribution in [0.25, 0.3) is 0 Å². The molecule has 0 saturated carbocycles. The van der Waals surface area contributed by atoms with Crippen molar-refractivity contribution in [2.75, 3.05) is 72.7 Å². The lowest BCUT2D eigenvalue weighted by molar-refractivity contribution is -0.289. The molecule has 0 aliphatic carbocycles. The van der Waals surface area contributed by atoms with Gasteiger partial charge in [-0.05, 0) is 75.5 Å². The van der Waals surface area contributed by atoms with E-state index in [1.165, 1.54) is 0 Å². The third kappa shape index (κ3) is 19.7. The lowest BCUT2D eigenvalue weighted by Gasteiger charge is -2.52. The molecule has 388 valence electrons. The summed E-state index contributed by atoms with van der Waals surface area (Å²) in [6.07, 6.45) is 17.3. The van der Waals surface area contributed by atoms with Gasteiger partial charge in [-0.1, -0.05) is 119 Å². The molecule has 0 bridgehead atoms. The van der Waals surface area contributed by atoms with Crippen LogP contribution in [0.3, 0.4) is 0 Å². The molecule has 3 saturated heterocycles. The van der Waals surface area contributed by atoms with E-state index in [-0.39, 0.29) is 90.8 Å². The van der Waals surface area contributed by atoms with Crippen LogP contribution in [0.1, 0.15) is 165 Å². The fourth-order valence-electron chi connectivity index (χ4n) is 9.88. The molecule has 0 amide bonds. The van der Waals surface area contributed by atoms with E-state index >= 15 is 0 Å². The van der Waals surface area contributed by atoms with Crippen molar-refractivity contribution in [3.63, 3.8) is 0 Å². The monoisotopic (exact) mass is 939 g/mol. The van der Waals surface area contributed by atoms with Gasteiger partial charge in [0.2, 0.25) is 0 Å². The van der Waals surface area contributed by atoms with Crippen molar-refractivity contribution in [3.05, 3.63) is 25.3 Å². The summed E-state index contributed by atoms with van der Waals surface area (Å²) in [6.45, 7) is 35.0. The van der Waals surface area contributed by atoms with Crippen LogP contribution in [-0.4, -0.2) is 134 Å². The fraction of sp³-hybridized carbons (Fsp3) is 0.927. The molecule has 11 nitrogen and oxygen atoms in total. The molecular formula is C55H102O11. The zero-order valence-electron chi connectivity index (χ0n) is 43.8. The van der Waals surface area contributed by atoms with Gasteiger partial charge < -0.3 is 52.1 Å². The van der Waals surface area contributed by atoms with Crippen molar-refractivity contribution < 1.29 is 52.1 Å². The van der Waals surface area contributed by atoms with Gasteiger partial charge in [0.1, 0.15) is 24.4 Å². The van der Waals surface area contributed by atoms with E-state index in [2.05, 4.69) is 75.5 Å². The van der Waals surface area contributed by atoms with Crippen molar-refractivity contribution in [2.45, 2.75) is 226 Å². The Bertz CT molecular complexity index is 1190. The number of unbranched alkanes of at least 4 members (excludes halogenated alkanes) is 7. The minimum Gasteiger partial charge on any atom is -0.379 e. The van der Waals surface area contributed by atoms with E-state index in [4.69, 9.17) is 52.1 Å². The van der Waals surface area contributed by atoms with Gasteiger partial charge in [-0.2, -0.15) is 0 Å². The molecule has 0 radical (unpaired) electrons. The molecule has 66 heavy (non-hydrogen) atoms. The Morgan fingerprint density at radius 1 is 0.409 bits per heavy atom. The molecular weight excluding hydrogens is 837 g/mol. The second-order valence-electron chi connectivity index (χ2n) is 19.5. The van der Waals surface area contributed by atoms with Gasteiger partial charge in [-0.25, -0.2) is 0 Å². The average Bonchev–Trinajstić information content (AvgIpc) is 3.32. The van der Waals surface area contributed by atoms with Crippen LogP contribution in [0, 0.1) is 29.6 Å². The van der Waals surface area contributed by atoms with Gasteiger partial charge in [0.25, 0.3) is 0 Å². The van der Waals surface area contributed by atoms with E-state index in [9.17, 15) is 0 Å². The van der Waals surface area contributed by atoms with E-state index < -0.39 is 0 Å². The van der Waals surface area contributed by atoms with Crippen LogP contribution in [0.2, 0.25) is 0 Å². The summed E-state index contributed by atoms with van der Waals surface area (Å²) in [4.78, 5) is 0. The molecule has 0 spiro atoms. The normalized spacial score (nSPS) is 32.7. The summed E-state index contributed by atoms with van der Waals surface area (Å²) < 4.78 is 74.5. The van der Waals surface area contributed by atoms with Gasteiger partial charge in [-0.15, -0.1) is 13.2 Å². The molecule has 3 aliphatic rings. The number of ether oxygens (including phenoxy) is 11. The molecule has 0 aromatic carbocycles. The highest BCUT2D eigenvalue weighted by Gasteiger charge is 2.53. The maximum atomic E-state index is 7.39. The standard InChI is InChI=1S/C55H102O11/c1-12-21-29-56-38-48-51(60-32-24-15-4)44(37-47-43(20-9)53(59-28-19-8)54(62-34-26-17-6)50(65-47)40-58-31-23-14-3)41(10)46(64-48)36-45-42(11)55(63-35-27-18-7)66-49(39-57-30-22-13-2)52(45)61-33-25-16-5/h19-20,41-55H,8-9,12-18,21-40H2,1-7,10-11H3/t41-,42-,43+,44?,45?,46-,47-,48?,49?,50?,51-,52-,53?,54+,55+/m0/s1. The molecule has 0 N–H and O–H groups in total. The molecule has 11 heteroatoms. The Balaban J connectivity index is 2.12. The summed E-state index contributed by atoms with van der Waals surface area (Å²) in [6, 6.07) is 0. The van der Waals surface area contributed by atoms with Crippen molar-refractivity contribution in [2.24, 2.45) is 29.6 Å². The highest BCUT2D eigenvalue weighted by molar-refractivity contribution is 5.04. The van der Waals surface area contributed by atoms with Gasteiger partial charge in [-0.3, -0.25) is 0 Å². The number of hydrogen-bond acceptors (Lipinski definition) is 11. The lowest BCUT2D eigenvalue weighted by atomic mass is 9.70. The van der Waals surface area contributed by atoms with Crippen LogP contribution in [0.15, 0.2) is 25.3 Å². The zero-order valence-corrected chi connectivity index (χ0v) is 43.8. The Morgan fingerprint density at radius 2 is 0.803 bits per heavy atom. The molecule has 3 fully saturated rings.